The van der Waals surface area contributed by atoms with E-state index in [1.54, 1.807) is 18.2 Å². The van der Waals surface area contributed by atoms with Gasteiger partial charge in [-0.1, -0.05) is 19.1 Å². The molecule has 2 fully saturated rings. The van der Waals surface area contributed by atoms with Crippen LogP contribution in [0.3, 0.4) is 0 Å². The van der Waals surface area contributed by atoms with Gasteiger partial charge in [-0.25, -0.2) is 8.42 Å². The Morgan fingerprint density at radius 2 is 1.73 bits per heavy atom. The zero-order valence-corrected chi connectivity index (χ0v) is 18.7. The molecule has 0 atom stereocenters. The SMILES string of the molecule is CCN1CCN(CCCCNC(=O)/C=C/c2ccc(N3CCCS3(=O)=O)cc2)CC1. The number of hydrogen-bond acceptors (Lipinski definition) is 5. The lowest BCUT2D eigenvalue weighted by molar-refractivity contribution is -0.116. The van der Waals surface area contributed by atoms with E-state index in [9.17, 15) is 13.2 Å². The smallest absolute Gasteiger partial charge is 0.243 e. The summed E-state index contributed by atoms with van der Waals surface area (Å²) in [6.07, 6.45) is 6.03. The van der Waals surface area contributed by atoms with Crippen molar-refractivity contribution in [3.63, 3.8) is 0 Å². The van der Waals surface area contributed by atoms with Crippen molar-refractivity contribution in [3.05, 3.63) is 35.9 Å². The van der Waals surface area contributed by atoms with E-state index in [4.69, 9.17) is 0 Å². The normalized spacial score (nSPS) is 20.1. The van der Waals surface area contributed by atoms with Crippen molar-refractivity contribution in [1.82, 2.24) is 15.1 Å². The molecule has 0 unspecified atom stereocenters. The first-order valence-electron chi connectivity index (χ1n) is 11.0. The van der Waals surface area contributed by atoms with Crippen LogP contribution in [0.25, 0.3) is 6.08 Å². The summed E-state index contributed by atoms with van der Waals surface area (Å²) in [5.74, 6) is 0.113. The van der Waals surface area contributed by atoms with Crippen LogP contribution in [-0.2, 0) is 14.8 Å². The van der Waals surface area contributed by atoms with E-state index in [1.165, 1.54) is 10.4 Å². The van der Waals surface area contributed by atoms with Crippen molar-refractivity contribution >= 4 is 27.7 Å². The number of nitrogens with one attached hydrogen (secondary N) is 1. The van der Waals surface area contributed by atoms with E-state index in [-0.39, 0.29) is 11.7 Å². The van der Waals surface area contributed by atoms with Gasteiger partial charge in [-0.3, -0.25) is 9.10 Å². The lowest BCUT2D eigenvalue weighted by Crippen LogP contribution is -2.46. The molecule has 2 saturated heterocycles. The van der Waals surface area contributed by atoms with E-state index < -0.39 is 10.0 Å². The number of likely N-dealkylation sites (N-methyl/N-ethyl adjacent to an activating group) is 1. The molecule has 1 aromatic rings. The molecule has 1 N–H and O–H groups in total. The average Bonchev–Trinajstić information content (AvgIpc) is 3.11. The fourth-order valence-electron chi connectivity index (χ4n) is 3.91. The number of hydrogen-bond donors (Lipinski definition) is 1. The molecule has 2 aliphatic rings. The van der Waals surface area contributed by atoms with E-state index in [0.717, 1.165) is 57.7 Å². The molecule has 2 heterocycles. The number of unbranched alkanes of at least 4 members (excludes halogenated alkanes) is 1. The third-order valence-corrected chi connectivity index (χ3v) is 7.69. The molecule has 0 aromatic heterocycles. The number of carbonyl (C=O) groups is 1. The summed E-state index contributed by atoms with van der Waals surface area (Å²) in [6.45, 7) is 10.3. The lowest BCUT2D eigenvalue weighted by atomic mass is 10.2. The molecule has 30 heavy (non-hydrogen) atoms. The molecule has 0 saturated carbocycles. The highest BCUT2D eigenvalue weighted by atomic mass is 32.2. The van der Waals surface area contributed by atoms with Crippen molar-refractivity contribution in [1.29, 1.82) is 0 Å². The van der Waals surface area contributed by atoms with Gasteiger partial charge in [0.1, 0.15) is 0 Å². The maximum absolute atomic E-state index is 12.0. The number of piperazine rings is 1. The molecule has 0 radical (unpaired) electrons. The van der Waals surface area contributed by atoms with Crippen molar-refractivity contribution in [2.24, 2.45) is 0 Å². The third kappa shape index (κ3) is 6.55. The Balaban J connectivity index is 1.33. The van der Waals surface area contributed by atoms with Crippen LogP contribution in [-0.4, -0.2) is 82.2 Å². The Labute approximate surface area is 180 Å². The monoisotopic (exact) mass is 434 g/mol. The second kappa shape index (κ2) is 10.9. The Morgan fingerprint density at radius 3 is 2.37 bits per heavy atom. The molecular weight excluding hydrogens is 400 g/mol. The van der Waals surface area contributed by atoms with E-state index in [0.29, 0.717) is 25.2 Å². The standard InChI is InChI=1S/C22H34N4O3S/c1-2-24-15-17-25(18-16-24)13-4-3-12-23-22(27)11-8-20-6-9-21(10-7-20)26-14-5-19-30(26,28)29/h6-11H,2-5,12-19H2,1H3,(H,23,27)/b11-8+. The van der Waals surface area contributed by atoms with Gasteiger partial charge in [0.15, 0.2) is 0 Å². The quantitative estimate of drug-likeness (QED) is 0.474. The maximum atomic E-state index is 12.0. The molecular formula is C22H34N4O3S. The van der Waals surface area contributed by atoms with Gasteiger partial charge in [0.05, 0.1) is 11.4 Å². The van der Waals surface area contributed by atoms with Gasteiger partial charge in [-0.15, -0.1) is 0 Å². The van der Waals surface area contributed by atoms with Crippen LogP contribution in [0.2, 0.25) is 0 Å². The van der Waals surface area contributed by atoms with Crippen molar-refractivity contribution in [2.75, 3.05) is 62.4 Å². The highest BCUT2D eigenvalue weighted by molar-refractivity contribution is 7.93. The Morgan fingerprint density at radius 1 is 1.03 bits per heavy atom. The van der Waals surface area contributed by atoms with Gasteiger partial charge in [0.25, 0.3) is 0 Å². The predicted octanol–water partition coefficient (Wildman–Crippen LogP) is 1.77. The molecule has 166 valence electrons. The number of carbonyl (C=O) groups excluding carboxylic acids is 1. The molecule has 0 spiro atoms. The van der Waals surface area contributed by atoms with Gasteiger partial charge in [0, 0.05) is 45.3 Å². The summed E-state index contributed by atoms with van der Waals surface area (Å²) >= 11 is 0. The fraction of sp³-hybridized carbons (Fsp3) is 0.591. The second-order valence-corrected chi connectivity index (χ2v) is 9.95. The number of rotatable bonds is 9. The highest BCUT2D eigenvalue weighted by Gasteiger charge is 2.28. The summed E-state index contributed by atoms with van der Waals surface area (Å²) < 4.78 is 25.4. The second-order valence-electron chi connectivity index (χ2n) is 7.94. The van der Waals surface area contributed by atoms with Crippen LogP contribution >= 0.6 is 0 Å². The number of amides is 1. The molecule has 7 nitrogen and oxygen atoms in total. The van der Waals surface area contributed by atoms with Crippen molar-refractivity contribution in [3.8, 4) is 0 Å². The van der Waals surface area contributed by atoms with Crippen molar-refractivity contribution < 1.29 is 13.2 Å². The molecule has 0 bridgehead atoms. The van der Waals surface area contributed by atoms with Gasteiger partial charge in [-0.2, -0.15) is 0 Å². The molecule has 1 aromatic carbocycles. The first-order chi connectivity index (χ1) is 14.5. The van der Waals surface area contributed by atoms with E-state index in [1.807, 2.05) is 12.1 Å². The number of anilines is 1. The van der Waals surface area contributed by atoms with Gasteiger partial charge in [0.2, 0.25) is 15.9 Å². The lowest BCUT2D eigenvalue weighted by Gasteiger charge is -2.33. The minimum absolute atomic E-state index is 0.0993. The van der Waals surface area contributed by atoms with Gasteiger partial charge < -0.3 is 15.1 Å². The average molecular weight is 435 g/mol. The molecule has 1 amide bonds. The van der Waals surface area contributed by atoms with Crippen LogP contribution in [0.5, 0.6) is 0 Å². The fourth-order valence-corrected chi connectivity index (χ4v) is 5.48. The summed E-state index contributed by atoms with van der Waals surface area (Å²) in [5.41, 5.74) is 1.56. The number of sulfonamides is 1. The van der Waals surface area contributed by atoms with Gasteiger partial charge >= 0.3 is 0 Å². The largest absolute Gasteiger partial charge is 0.353 e. The zero-order valence-electron chi connectivity index (χ0n) is 17.9. The zero-order chi connectivity index (χ0) is 21.4. The van der Waals surface area contributed by atoms with Crippen molar-refractivity contribution in [2.45, 2.75) is 26.2 Å². The van der Waals surface area contributed by atoms with Crippen LogP contribution in [0.15, 0.2) is 30.3 Å². The summed E-state index contributed by atoms with van der Waals surface area (Å²) in [6, 6.07) is 7.26. The third-order valence-electron chi connectivity index (χ3n) is 5.82. The number of nitrogens with zero attached hydrogens (tertiary/aromatic N) is 3. The molecule has 8 heteroatoms. The number of benzene rings is 1. The molecule has 3 rings (SSSR count). The van der Waals surface area contributed by atoms with Crippen LogP contribution < -0.4 is 9.62 Å². The van der Waals surface area contributed by atoms with Crippen LogP contribution in [0, 0.1) is 0 Å². The van der Waals surface area contributed by atoms with Crippen LogP contribution in [0.4, 0.5) is 5.69 Å². The first-order valence-corrected chi connectivity index (χ1v) is 12.6. The summed E-state index contributed by atoms with van der Waals surface area (Å²) in [7, 11) is -3.16. The maximum Gasteiger partial charge on any atom is 0.243 e. The Bertz CT molecular complexity index is 815. The summed E-state index contributed by atoms with van der Waals surface area (Å²) in [4.78, 5) is 17.0. The van der Waals surface area contributed by atoms with Crippen LogP contribution in [0.1, 0.15) is 31.7 Å². The topological polar surface area (TPSA) is 73.0 Å². The Kier molecular flexibility index (Phi) is 8.30. The predicted molar refractivity (Wildman–Crippen MR) is 122 cm³/mol. The summed E-state index contributed by atoms with van der Waals surface area (Å²) in [5, 5.41) is 2.93. The van der Waals surface area contributed by atoms with Gasteiger partial charge in [-0.05, 0) is 56.1 Å². The minimum Gasteiger partial charge on any atom is -0.353 e. The highest BCUT2D eigenvalue weighted by Crippen LogP contribution is 2.24. The first kappa shape index (κ1) is 22.8. The van der Waals surface area contributed by atoms with E-state index >= 15 is 0 Å². The molecule has 2 aliphatic heterocycles. The van der Waals surface area contributed by atoms with E-state index in [2.05, 4.69) is 22.0 Å². The molecule has 0 aliphatic carbocycles. The Hall–Kier alpha value is -1.90. The minimum atomic E-state index is -3.16.